The van der Waals surface area contributed by atoms with Gasteiger partial charge in [0.2, 0.25) is 0 Å². The van der Waals surface area contributed by atoms with E-state index in [0.29, 0.717) is 16.9 Å². The predicted octanol–water partition coefficient (Wildman–Crippen LogP) is 2.94. The summed E-state index contributed by atoms with van der Waals surface area (Å²) in [5, 5.41) is 9.07. The third kappa shape index (κ3) is 3.35. The van der Waals surface area contributed by atoms with Crippen LogP contribution in [0.3, 0.4) is 0 Å². The molecule has 0 bridgehead atoms. The molecule has 1 aromatic carbocycles. The Balaban J connectivity index is 2.00. The molecular formula is C20H19N3O3. The predicted molar refractivity (Wildman–Crippen MR) is 103 cm³/mol. The third-order valence-electron chi connectivity index (χ3n) is 4.18. The number of rotatable bonds is 4. The van der Waals surface area contributed by atoms with Crippen molar-refractivity contribution < 1.29 is 9.90 Å². The van der Waals surface area contributed by atoms with E-state index in [1.54, 1.807) is 13.0 Å². The van der Waals surface area contributed by atoms with Crippen LogP contribution in [-0.4, -0.2) is 34.6 Å². The Hall–Kier alpha value is -3.41. The van der Waals surface area contributed by atoms with Crippen LogP contribution >= 0.6 is 0 Å². The van der Waals surface area contributed by atoms with Gasteiger partial charge < -0.3 is 10.0 Å². The molecule has 3 rings (SSSR count). The number of pyridine rings is 1. The Labute approximate surface area is 150 Å². The summed E-state index contributed by atoms with van der Waals surface area (Å²) in [5.41, 5.74) is 3.31. The van der Waals surface area contributed by atoms with E-state index < -0.39 is 5.97 Å². The maximum Gasteiger partial charge on any atom is 0.337 e. The minimum Gasteiger partial charge on any atom is -0.478 e. The van der Waals surface area contributed by atoms with Crippen LogP contribution in [0.15, 0.2) is 47.4 Å². The lowest BCUT2D eigenvalue weighted by molar-refractivity contribution is 0.0696. The van der Waals surface area contributed by atoms with Gasteiger partial charge in [-0.15, -0.1) is 0 Å². The molecule has 0 amide bonds. The van der Waals surface area contributed by atoms with Crippen molar-refractivity contribution in [2.24, 2.45) is 0 Å². The van der Waals surface area contributed by atoms with E-state index in [9.17, 15) is 9.59 Å². The van der Waals surface area contributed by atoms with Crippen molar-refractivity contribution >= 4 is 29.5 Å². The maximum absolute atomic E-state index is 12.5. The normalized spacial score (nSPS) is 11.2. The molecule has 2 aromatic heterocycles. The summed E-state index contributed by atoms with van der Waals surface area (Å²) in [4.78, 5) is 30.1. The van der Waals surface area contributed by atoms with Gasteiger partial charge in [0.1, 0.15) is 5.65 Å². The molecule has 0 aliphatic heterocycles. The zero-order chi connectivity index (χ0) is 18.8. The first-order valence-corrected chi connectivity index (χ1v) is 8.08. The number of aromatic nitrogens is 2. The zero-order valence-electron chi connectivity index (χ0n) is 14.8. The fraction of sp³-hybridized carbons (Fsp3) is 0.150. The topological polar surface area (TPSA) is 74.9 Å². The van der Waals surface area contributed by atoms with E-state index in [1.807, 2.05) is 49.3 Å². The second-order valence-corrected chi connectivity index (χ2v) is 6.20. The van der Waals surface area contributed by atoms with Crippen molar-refractivity contribution in [3.63, 3.8) is 0 Å². The van der Waals surface area contributed by atoms with Gasteiger partial charge in [0.15, 0.2) is 0 Å². The Morgan fingerprint density at radius 3 is 2.42 bits per heavy atom. The quantitative estimate of drug-likeness (QED) is 0.784. The first-order chi connectivity index (χ1) is 12.4. The number of benzene rings is 1. The van der Waals surface area contributed by atoms with Crippen molar-refractivity contribution in [1.29, 1.82) is 0 Å². The molecule has 0 saturated heterocycles. The minimum atomic E-state index is -1.08. The fourth-order valence-corrected chi connectivity index (χ4v) is 2.59. The van der Waals surface area contributed by atoms with Crippen molar-refractivity contribution in [2.45, 2.75) is 6.92 Å². The van der Waals surface area contributed by atoms with Crippen LogP contribution in [-0.2, 0) is 0 Å². The van der Waals surface area contributed by atoms with Gasteiger partial charge in [-0.25, -0.2) is 9.78 Å². The van der Waals surface area contributed by atoms with E-state index in [4.69, 9.17) is 5.11 Å². The molecule has 1 N–H and O–H groups in total. The van der Waals surface area contributed by atoms with Crippen molar-refractivity contribution in [3.05, 3.63) is 75.3 Å². The third-order valence-corrected chi connectivity index (χ3v) is 4.18. The number of anilines is 1. The van der Waals surface area contributed by atoms with E-state index in [-0.39, 0.29) is 11.1 Å². The summed E-state index contributed by atoms with van der Waals surface area (Å²) in [6, 6.07) is 11.0. The molecule has 6 heteroatoms. The van der Waals surface area contributed by atoms with E-state index >= 15 is 0 Å². The van der Waals surface area contributed by atoms with Crippen molar-refractivity contribution in [2.75, 3.05) is 19.0 Å². The Bertz CT molecular complexity index is 1060. The number of carboxylic acid groups (broad SMARTS) is 1. The van der Waals surface area contributed by atoms with Gasteiger partial charge >= 0.3 is 5.97 Å². The fourth-order valence-electron chi connectivity index (χ4n) is 2.59. The highest BCUT2D eigenvalue weighted by Crippen LogP contribution is 2.15. The SMILES string of the molecule is Cc1c(/C=C/c2ccc(N(C)C)cc2)nc2ccc(C(=O)O)cn2c1=O. The van der Waals surface area contributed by atoms with Gasteiger partial charge in [-0.2, -0.15) is 0 Å². The first-order valence-electron chi connectivity index (χ1n) is 8.08. The Kier molecular flexibility index (Phi) is 4.58. The molecule has 26 heavy (non-hydrogen) atoms. The highest BCUT2D eigenvalue weighted by molar-refractivity contribution is 5.87. The van der Waals surface area contributed by atoms with E-state index in [2.05, 4.69) is 4.98 Å². The molecule has 0 spiro atoms. The molecule has 0 saturated carbocycles. The van der Waals surface area contributed by atoms with Crippen LogP contribution in [0.25, 0.3) is 17.8 Å². The summed E-state index contributed by atoms with van der Waals surface area (Å²) < 4.78 is 1.27. The maximum atomic E-state index is 12.5. The molecule has 0 aliphatic rings. The average Bonchev–Trinajstić information content (AvgIpc) is 2.63. The molecule has 6 nitrogen and oxygen atoms in total. The molecular weight excluding hydrogens is 330 g/mol. The summed E-state index contributed by atoms with van der Waals surface area (Å²) >= 11 is 0. The van der Waals surface area contributed by atoms with Crippen molar-refractivity contribution in [1.82, 2.24) is 9.38 Å². The molecule has 3 aromatic rings. The second kappa shape index (κ2) is 6.84. The number of carboxylic acids is 1. The zero-order valence-corrected chi connectivity index (χ0v) is 14.8. The van der Waals surface area contributed by atoms with Crippen LogP contribution in [0.5, 0.6) is 0 Å². The minimum absolute atomic E-state index is 0.0464. The van der Waals surface area contributed by atoms with Gasteiger partial charge in [-0.05, 0) is 42.8 Å². The molecule has 0 unspecified atom stereocenters. The molecule has 2 heterocycles. The van der Waals surface area contributed by atoms with E-state index in [0.717, 1.165) is 11.3 Å². The highest BCUT2D eigenvalue weighted by Gasteiger charge is 2.10. The van der Waals surface area contributed by atoms with Crippen LogP contribution in [0.1, 0.15) is 27.2 Å². The number of aromatic carboxylic acids is 1. The molecule has 132 valence electrons. The monoisotopic (exact) mass is 349 g/mol. The number of hydrogen-bond donors (Lipinski definition) is 1. The second-order valence-electron chi connectivity index (χ2n) is 6.20. The lowest BCUT2D eigenvalue weighted by Gasteiger charge is -2.11. The number of fused-ring (bicyclic) bond motifs is 1. The Morgan fingerprint density at radius 1 is 1.12 bits per heavy atom. The molecule has 0 atom stereocenters. The largest absolute Gasteiger partial charge is 0.478 e. The molecule has 0 radical (unpaired) electrons. The van der Waals surface area contributed by atoms with Crippen molar-refractivity contribution in [3.8, 4) is 0 Å². The average molecular weight is 349 g/mol. The molecule has 0 aliphatic carbocycles. The summed E-state index contributed by atoms with van der Waals surface area (Å²) in [6.45, 7) is 1.68. The summed E-state index contributed by atoms with van der Waals surface area (Å²) in [5.74, 6) is -1.08. The molecule has 0 fully saturated rings. The van der Waals surface area contributed by atoms with Gasteiger partial charge in [-0.1, -0.05) is 18.2 Å². The first kappa shape index (κ1) is 17.4. The van der Waals surface area contributed by atoms with E-state index in [1.165, 1.54) is 22.7 Å². The summed E-state index contributed by atoms with van der Waals surface area (Å²) in [6.07, 6.45) is 5.00. The van der Waals surface area contributed by atoms with Gasteiger partial charge in [-0.3, -0.25) is 9.20 Å². The number of carbonyl (C=O) groups is 1. The van der Waals surface area contributed by atoms with Crippen LogP contribution in [0, 0.1) is 6.92 Å². The summed E-state index contributed by atoms with van der Waals surface area (Å²) in [7, 11) is 3.97. The lowest BCUT2D eigenvalue weighted by Crippen LogP contribution is -2.20. The van der Waals surface area contributed by atoms with Crippen LogP contribution < -0.4 is 10.5 Å². The van der Waals surface area contributed by atoms with Gasteiger partial charge in [0.25, 0.3) is 5.56 Å². The lowest BCUT2D eigenvalue weighted by atomic mass is 10.1. The Morgan fingerprint density at radius 2 is 1.81 bits per heavy atom. The highest BCUT2D eigenvalue weighted by atomic mass is 16.4. The smallest absolute Gasteiger partial charge is 0.337 e. The number of hydrogen-bond acceptors (Lipinski definition) is 4. The number of nitrogens with zero attached hydrogens (tertiary/aromatic N) is 3. The van der Waals surface area contributed by atoms with Crippen LogP contribution in [0.2, 0.25) is 0 Å². The van der Waals surface area contributed by atoms with Crippen LogP contribution in [0.4, 0.5) is 5.69 Å². The van der Waals surface area contributed by atoms with Gasteiger partial charge in [0, 0.05) is 31.5 Å². The van der Waals surface area contributed by atoms with Gasteiger partial charge in [0.05, 0.1) is 11.3 Å². The standard InChI is InChI=1S/C20H19N3O3/c1-13-17(10-6-14-4-8-16(9-5-14)22(2)3)21-18-11-7-15(20(25)26)12-23(18)19(13)24/h4-12H,1-3H3,(H,25,26)/b10-6+.